The summed E-state index contributed by atoms with van der Waals surface area (Å²) >= 11 is 0. The fourth-order valence-corrected chi connectivity index (χ4v) is 2.23. The highest BCUT2D eigenvalue weighted by molar-refractivity contribution is 5.95. The Kier molecular flexibility index (Phi) is 6.34. The molecule has 2 rings (SSSR count). The van der Waals surface area contributed by atoms with Crippen LogP contribution in [0.25, 0.3) is 0 Å². The van der Waals surface area contributed by atoms with Gasteiger partial charge in [0.2, 0.25) is 0 Å². The Bertz CT molecular complexity index is 655. The Morgan fingerprint density at radius 3 is 2.75 bits per heavy atom. The summed E-state index contributed by atoms with van der Waals surface area (Å²) in [5, 5.41) is 14.5. The van der Waals surface area contributed by atoms with Crippen molar-refractivity contribution in [1.29, 1.82) is 5.26 Å². The van der Waals surface area contributed by atoms with Crippen LogP contribution in [0.2, 0.25) is 0 Å². The van der Waals surface area contributed by atoms with Crippen molar-refractivity contribution in [3.8, 4) is 6.07 Å². The van der Waals surface area contributed by atoms with Crippen molar-refractivity contribution in [2.24, 2.45) is 0 Å². The Balaban J connectivity index is 1.90. The van der Waals surface area contributed by atoms with E-state index in [0.717, 1.165) is 19.4 Å². The lowest BCUT2D eigenvalue weighted by atomic mass is 10.2. The van der Waals surface area contributed by atoms with E-state index in [1.807, 2.05) is 0 Å². The number of nitriles is 1. The first kappa shape index (κ1) is 17.5. The van der Waals surface area contributed by atoms with Gasteiger partial charge < -0.3 is 20.1 Å². The molecule has 1 atom stereocenters. The normalized spacial score (nSPS) is 17.0. The third kappa shape index (κ3) is 4.83. The summed E-state index contributed by atoms with van der Waals surface area (Å²) in [6.07, 6.45) is 3.36. The van der Waals surface area contributed by atoms with Gasteiger partial charge >= 0.3 is 5.97 Å². The van der Waals surface area contributed by atoms with Crippen LogP contribution in [0.3, 0.4) is 0 Å². The van der Waals surface area contributed by atoms with Crippen LogP contribution in [0.1, 0.15) is 23.2 Å². The maximum Gasteiger partial charge on any atom is 0.350 e. The number of carbonyl (C=O) groups is 2. The third-order valence-corrected chi connectivity index (χ3v) is 3.57. The lowest BCUT2D eigenvalue weighted by molar-refractivity contribution is -0.135. The largest absolute Gasteiger partial charge is 0.465 e. The molecule has 0 spiro atoms. The molecule has 0 aromatic heterocycles. The average molecular weight is 329 g/mol. The van der Waals surface area contributed by atoms with Crippen LogP contribution in [0.15, 0.2) is 36.0 Å². The Labute approximate surface area is 140 Å². The fourth-order valence-electron chi connectivity index (χ4n) is 2.23. The molecule has 1 aliphatic heterocycles. The van der Waals surface area contributed by atoms with Crippen LogP contribution in [-0.2, 0) is 14.3 Å². The van der Waals surface area contributed by atoms with Gasteiger partial charge in [0.15, 0.2) is 5.57 Å². The SMILES string of the molecule is COC(=O)/C(C#N)=C/Nc1ccc(C(=O)NCC2CCCO2)cc1. The van der Waals surface area contributed by atoms with Gasteiger partial charge in [-0.25, -0.2) is 4.79 Å². The third-order valence-electron chi connectivity index (χ3n) is 3.57. The van der Waals surface area contributed by atoms with Gasteiger partial charge in [-0.1, -0.05) is 0 Å². The topological polar surface area (TPSA) is 100 Å². The van der Waals surface area contributed by atoms with Crippen molar-refractivity contribution in [1.82, 2.24) is 5.32 Å². The maximum atomic E-state index is 12.1. The molecule has 1 amide bonds. The van der Waals surface area contributed by atoms with Gasteiger partial charge in [0, 0.05) is 30.6 Å². The molecule has 0 radical (unpaired) electrons. The molecule has 1 aromatic rings. The first-order chi connectivity index (χ1) is 11.6. The monoisotopic (exact) mass is 329 g/mol. The van der Waals surface area contributed by atoms with Crippen molar-refractivity contribution in [3.05, 3.63) is 41.6 Å². The van der Waals surface area contributed by atoms with E-state index in [-0.39, 0.29) is 17.6 Å². The molecule has 2 N–H and O–H groups in total. The summed E-state index contributed by atoms with van der Waals surface area (Å²) in [5.74, 6) is -0.880. The van der Waals surface area contributed by atoms with Gasteiger partial charge in [-0.3, -0.25) is 4.79 Å². The van der Waals surface area contributed by atoms with Crippen molar-refractivity contribution >= 4 is 17.6 Å². The minimum Gasteiger partial charge on any atom is -0.465 e. The number of rotatable bonds is 6. The van der Waals surface area contributed by atoms with Gasteiger partial charge in [0.25, 0.3) is 5.91 Å². The second-order valence-corrected chi connectivity index (χ2v) is 5.23. The van der Waals surface area contributed by atoms with Crippen molar-refractivity contribution in [2.45, 2.75) is 18.9 Å². The lowest BCUT2D eigenvalue weighted by Gasteiger charge is -2.11. The molecule has 7 heteroatoms. The molecule has 1 aliphatic rings. The summed E-state index contributed by atoms with van der Waals surface area (Å²) in [6, 6.07) is 8.43. The first-order valence-electron chi connectivity index (χ1n) is 7.59. The maximum absolute atomic E-state index is 12.1. The molecule has 7 nitrogen and oxygen atoms in total. The molecule has 1 aromatic carbocycles. The van der Waals surface area contributed by atoms with Gasteiger partial charge in [0.1, 0.15) is 6.07 Å². The number of esters is 1. The van der Waals surface area contributed by atoms with E-state index in [4.69, 9.17) is 10.00 Å². The zero-order chi connectivity index (χ0) is 17.4. The van der Waals surface area contributed by atoms with Crippen molar-refractivity contribution < 1.29 is 19.1 Å². The number of methoxy groups -OCH3 is 1. The summed E-state index contributed by atoms with van der Waals surface area (Å²) in [7, 11) is 1.21. The van der Waals surface area contributed by atoms with Crippen molar-refractivity contribution in [3.63, 3.8) is 0 Å². The summed E-state index contributed by atoms with van der Waals surface area (Å²) in [6.45, 7) is 1.26. The van der Waals surface area contributed by atoms with Crippen molar-refractivity contribution in [2.75, 3.05) is 25.6 Å². The molecule has 126 valence electrons. The zero-order valence-corrected chi connectivity index (χ0v) is 13.4. The van der Waals surface area contributed by atoms with Gasteiger partial charge in [0.05, 0.1) is 13.2 Å². The first-order valence-corrected chi connectivity index (χ1v) is 7.59. The molecule has 0 aliphatic carbocycles. The quantitative estimate of drug-likeness (QED) is 0.467. The van der Waals surface area contributed by atoms with Gasteiger partial charge in [-0.15, -0.1) is 0 Å². The number of ether oxygens (including phenoxy) is 2. The predicted molar refractivity (Wildman–Crippen MR) is 87.1 cm³/mol. The number of hydrogen-bond acceptors (Lipinski definition) is 6. The molecule has 1 saturated heterocycles. The average Bonchev–Trinajstić information content (AvgIpc) is 3.14. The van der Waals surface area contributed by atoms with E-state index in [1.54, 1.807) is 30.3 Å². The molecular formula is C17H19N3O4. The highest BCUT2D eigenvalue weighted by atomic mass is 16.5. The van der Waals surface area contributed by atoms with E-state index >= 15 is 0 Å². The number of hydrogen-bond donors (Lipinski definition) is 2. The summed E-state index contributed by atoms with van der Waals surface area (Å²) < 4.78 is 9.93. The van der Waals surface area contributed by atoms with E-state index in [0.29, 0.717) is 17.8 Å². The molecule has 1 heterocycles. The number of anilines is 1. The molecule has 0 saturated carbocycles. The molecule has 0 bridgehead atoms. The lowest BCUT2D eigenvalue weighted by Crippen LogP contribution is -2.31. The molecule has 1 unspecified atom stereocenters. The number of amides is 1. The number of nitrogens with one attached hydrogen (secondary N) is 2. The van der Waals surface area contributed by atoms with Crippen LogP contribution in [-0.4, -0.2) is 38.2 Å². The Hall–Kier alpha value is -2.85. The Morgan fingerprint density at radius 1 is 1.42 bits per heavy atom. The van der Waals surface area contributed by atoms with E-state index < -0.39 is 5.97 Å². The van der Waals surface area contributed by atoms with E-state index in [2.05, 4.69) is 15.4 Å². The highest BCUT2D eigenvalue weighted by Crippen LogP contribution is 2.12. The zero-order valence-electron chi connectivity index (χ0n) is 13.4. The smallest absolute Gasteiger partial charge is 0.350 e. The minimum absolute atomic E-state index is 0.0998. The fraction of sp³-hybridized carbons (Fsp3) is 0.353. The second kappa shape index (κ2) is 8.70. The van der Waals surface area contributed by atoms with Gasteiger partial charge in [-0.05, 0) is 37.1 Å². The second-order valence-electron chi connectivity index (χ2n) is 5.23. The van der Waals surface area contributed by atoms with E-state index in [9.17, 15) is 9.59 Å². The summed E-state index contributed by atoms with van der Waals surface area (Å²) in [4.78, 5) is 23.3. The van der Waals surface area contributed by atoms with Crippen LogP contribution in [0.5, 0.6) is 0 Å². The standard InChI is InChI=1S/C17H19N3O4/c1-23-17(22)13(9-18)10-19-14-6-4-12(5-7-14)16(21)20-11-15-3-2-8-24-15/h4-7,10,15,19H,2-3,8,11H2,1H3,(H,20,21)/b13-10+. The number of carbonyl (C=O) groups excluding carboxylic acids is 2. The Morgan fingerprint density at radius 2 is 2.17 bits per heavy atom. The van der Waals surface area contributed by atoms with Crippen LogP contribution >= 0.6 is 0 Å². The van der Waals surface area contributed by atoms with Crippen LogP contribution in [0.4, 0.5) is 5.69 Å². The van der Waals surface area contributed by atoms with Gasteiger partial charge in [-0.2, -0.15) is 5.26 Å². The summed E-state index contributed by atoms with van der Waals surface area (Å²) in [5.41, 5.74) is 1.02. The molecule has 1 fully saturated rings. The minimum atomic E-state index is -0.713. The van der Waals surface area contributed by atoms with Crippen LogP contribution in [0, 0.1) is 11.3 Å². The predicted octanol–water partition coefficient (Wildman–Crippen LogP) is 1.59. The van der Waals surface area contributed by atoms with E-state index in [1.165, 1.54) is 13.3 Å². The highest BCUT2D eigenvalue weighted by Gasteiger charge is 2.16. The number of benzene rings is 1. The molecule has 24 heavy (non-hydrogen) atoms. The number of nitrogens with zero attached hydrogens (tertiary/aromatic N) is 1. The molecular weight excluding hydrogens is 310 g/mol. The van der Waals surface area contributed by atoms with Crippen LogP contribution < -0.4 is 10.6 Å².